The standard InChI is InChI=1S/C20H22FN3O3S/c21-15-11-14(5-6-16(15)22-7-1-2-8-22)12-17-19(26)24(20(27)28-17)13-18(25)23-9-3-4-10-23/h5-6,11-12H,1-4,7-10,13H2. The molecule has 6 nitrogen and oxygen atoms in total. The minimum atomic E-state index is -0.494. The van der Waals surface area contributed by atoms with Gasteiger partial charge in [0.1, 0.15) is 12.4 Å². The van der Waals surface area contributed by atoms with Crippen LogP contribution in [-0.4, -0.2) is 59.6 Å². The molecular formula is C20H22FN3O3S. The van der Waals surface area contributed by atoms with Crippen LogP contribution in [0.1, 0.15) is 31.2 Å². The lowest BCUT2D eigenvalue weighted by atomic mass is 10.1. The second-order valence-electron chi connectivity index (χ2n) is 7.26. The molecule has 0 aliphatic carbocycles. The second kappa shape index (κ2) is 7.95. The predicted molar refractivity (Wildman–Crippen MR) is 106 cm³/mol. The van der Waals surface area contributed by atoms with E-state index in [9.17, 15) is 18.8 Å². The molecule has 1 aromatic rings. The Morgan fingerprint density at radius 2 is 1.75 bits per heavy atom. The van der Waals surface area contributed by atoms with Crippen LogP contribution in [-0.2, 0) is 9.59 Å². The molecule has 148 valence electrons. The number of anilines is 1. The fraction of sp³-hybridized carbons (Fsp3) is 0.450. The quantitative estimate of drug-likeness (QED) is 0.723. The van der Waals surface area contributed by atoms with Gasteiger partial charge in [-0.1, -0.05) is 6.07 Å². The molecule has 3 saturated heterocycles. The van der Waals surface area contributed by atoms with Gasteiger partial charge in [-0.2, -0.15) is 0 Å². The van der Waals surface area contributed by atoms with Crippen LogP contribution in [0.25, 0.3) is 6.08 Å². The number of thioether (sulfide) groups is 1. The Bertz CT molecular complexity index is 845. The van der Waals surface area contributed by atoms with Gasteiger partial charge in [0.25, 0.3) is 11.1 Å². The van der Waals surface area contributed by atoms with Gasteiger partial charge >= 0.3 is 0 Å². The van der Waals surface area contributed by atoms with Crippen LogP contribution in [0.5, 0.6) is 0 Å². The molecule has 3 aliphatic heterocycles. The normalized spacial score (nSPS) is 21.5. The Labute approximate surface area is 167 Å². The number of imide groups is 1. The van der Waals surface area contributed by atoms with Crippen LogP contribution >= 0.6 is 11.8 Å². The van der Waals surface area contributed by atoms with E-state index in [1.165, 1.54) is 12.1 Å². The first-order valence-electron chi connectivity index (χ1n) is 9.60. The molecule has 28 heavy (non-hydrogen) atoms. The fourth-order valence-electron chi connectivity index (χ4n) is 3.82. The van der Waals surface area contributed by atoms with E-state index in [-0.39, 0.29) is 23.2 Å². The van der Waals surface area contributed by atoms with Crippen LogP contribution < -0.4 is 4.90 Å². The number of amides is 3. The lowest BCUT2D eigenvalue weighted by molar-refractivity contribution is -0.135. The first-order chi connectivity index (χ1) is 13.5. The van der Waals surface area contributed by atoms with E-state index in [0.29, 0.717) is 24.3 Å². The zero-order valence-corrected chi connectivity index (χ0v) is 16.3. The summed E-state index contributed by atoms with van der Waals surface area (Å²) in [7, 11) is 0. The van der Waals surface area contributed by atoms with Gasteiger partial charge in [-0.25, -0.2) is 4.39 Å². The molecule has 0 aromatic heterocycles. The molecule has 0 radical (unpaired) electrons. The molecular weight excluding hydrogens is 381 g/mol. The average molecular weight is 403 g/mol. The van der Waals surface area contributed by atoms with Crippen molar-refractivity contribution in [3.8, 4) is 0 Å². The van der Waals surface area contributed by atoms with Gasteiger partial charge in [0, 0.05) is 26.2 Å². The molecule has 0 N–H and O–H groups in total. The van der Waals surface area contributed by atoms with Crippen LogP contribution in [0.3, 0.4) is 0 Å². The molecule has 3 aliphatic rings. The van der Waals surface area contributed by atoms with Gasteiger partial charge < -0.3 is 9.80 Å². The Hall–Kier alpha value is -2.35. The number of rotatable bonds is 4. The van der Waals surface area contributed by atoms with Gasteiger partial charge in [0.05, 0.1) is 10.6 Å². The minimum absolute atomic E-state index is 0.206. The van der Waals surface area contributed by atoms with Crippen molar-refractivity contribution in [3.05, 3.63) is 34.5 Å². The van der Waals surface area contributed by atoms with Crippen molar-refractivity contribution < 1.29 is 18.8 Å². The summed E-state index contributed by atoms with van der Waals surface area (Å²) in [6, 6.07) is 4.85. The van der Waals surface area contributed by atoms with E-state index in [1.54, 1.807) is 17.0 Å². The van der Waals surface area contributed by atoms with Crippen molar-refractivity contribution in [1.82, 2.24) is 9.80 Å². The average Bonchev–Trinajstić information content (AvgIpc) is 3.41. The maximum absolute atomic E-state index is 14.5. The van der Waals surface area contributed by atoms with Crippen LogP contribution in [0, 0.1) is 5.82 Å². The van der Waals surface area contributed by atoms with Crippen LogP contribution in [0.4, 0.5) is 14.9 Å². The summed E-state index contributed by atoms with van der Waals surface area (Å²) in [5.74, 6) is -1.03. The maximum atomic E-state index is 14.5. The molecule has 8 heteroatoms. The number of hydrogen-bond acceptors (Lipinski definition) is 5. The fourth-order valence-corrected chi connectivity index (χ4v) is 4.66. The molecule has 0 spiro atoms. The number of nitrogens with zero attached hydrogens (tertiary/aromatic N) is 3. The summed E-state index contributed by atoms with van der Waals surface area (Å²) in [6.07, 6.45) is 5.54. The van der Waals surface area contributed by atoms with Crippen molar-refractivity contribution in [3.63, 3.8) is 0 Å². The Morgan fingerprint density at radius 3 is 2.43 bits per heavy atom. The van der Waals surface area contributed by atoms with E-state index in [0.717, 1.165) is 55.4 Å². The molecule has 0 atom stereocenters. The molecule has 3 heterocycles. The Kier molecular flexibility index (Phi) is 5.39. The molecule has 1 aromatic carbocycles. The highest BCUT2D eigenvalue weighted by molar-refractivity contribution is 8.18. The smallest absolute Gasteiger partial charge is 0.294 e. The summed E-state index contributed by atoms with van der Waals surface area (Å²) >= 11 is 0.791. The monoisotopic (exact) mass is 403 g/mol. The molecule has 0 saturated carbocycles. The largest absolute Gasteiger partial charge is 0.369 e. The summed E-state index contributed by atoms with van der Waals surface area (Å²) in [4.78, 5) is 41.9. The van der Waals surface area contributed by atoms with E-state index < -0.39 is 11.1 Å². The first kappa shape index (κ1) is 19.0. The molecule has 0 bridgehead atoms. The zero-order valence-electron chi connectivity index (χ0n) is 15.5. The number of hydrogen-bond donors (Lipinski definition) is 0. The van der Waals surface area contributed by atoms with Crippen molar-refractivity contribution in [2.45, 2.75) is 25.7 Å². The van der Waals surface area contributed by atoms with Gasteiger partial charge in [-0.15, -0.1) is 0 Å². The first-order valence-corrected chi connectivity index (χ1v) is 10.4. The topological polar surface area (TPSA) is 60.9 Å². The summed E-state index contributed by atoms with van der Waals surface area (Å²) < 4.78 is 14.5. The lowest BCUT2D eigenvalue weighted by Crippen LogP contribution is -2.40. The maximum Gasteiger partial charge on any atom is 0.294 e. The number of likely N-dealkylation sites (tertiary alicyclic amines) is 1. The molecule has 0 unspecified atom stereocenters. The van der Waals surface area contributed by atoms with Crippen molar-refractivity contribution in [2.24, 2.45) is 0 Å². The third kappa shape index (κ3) is 3.78. The molecule has 3 fully saturated rings. The summed E-state index contributed by atoms with van der Waals surface area (Å²) in [5, 5.41) is -0.460. The van der Waals surface area contributed by atoms with Crippen LogP contribution in [0.2, 0.25) is 0 Å². The number of halogens is 1. The third-order valence-electron chi connectivity index (χ3n) is 5.34. The third-order valence-corrected chi connectivity index (χ3v) is 6.25. The van der Waals surface area contributed by atoms with Gasteiger partial charge in [0.2, 0.25) is 5.91 Å². The highest BCUT2D eigenvalue weighted by Crippen LogP contribution is 2.33. The molecule has 4 rings (SSSR count). The van der Waals surface area contributed by atoms with Crippen molar-refractivity contribution >= 4 is 40.6 Å². The highest BCUT2D eigenvalue weighted by Gasteiger charge is 2.37. The Balaban J connectivity index is 1.47. The van der Waals surface area contributed by atoms with Crippen LogP contribution in [0.15, 0.2) is 23.1 Å². The van der Waals surface area contributed by atoms with Crippen molar-refractivity contribution in [1.29, 1.82) is 0 Å². The van der Waals surface area contributed by atoms with E-state index in [4.69, 9.17) is 0 Å². The van der Waals surface area contributed by atoms with E-state index >= 15 is 0 Å². The highest BCUT2D eigenvalue weighted by atomic mass is 32.2. The SMILES string of the molecule is O=C(CN1C(=O)SC(=Cc2ccc(N3CCCC3)c(F)c2)C1=O)N1CCCC1. The number of carbonyl (C=O) groups is 3. The van der Waals surface area contributed by atoms with Gasteiger partial charge in [-0.3, -0.25) is 19.3 Å². The van der Waals surface area contributed by atoms with Gasteiger partial charge in [-0.05, 0) is 61.2 Å². The number of benzene rings is 1. The summed E-state index contributed by atoms with van der Waals surface area (Å²) in [6.45, 7) is 2.81. The number of carbonyl (C=O) groups excluding carboxylic acids is 3. The molecule has 3 amide bonds. The minimum Gasteiger partial charge on any atom is -0.369 e. The predicted octanol–water partition coefficient (Wildman–Crippen LogP) is 3.08. The van der Waals surface area contributed by atoms with Crippen molar-refractivity contribution in [2.75, 3.05) is 37.6 Å². The lowest BCUT2D eigenvalue weighted by Gasteiger charge is -2.19. The van der Waals surface area contributed by atoms with Gasteiger partial charge in [0.15, 0.2) is 0 Å². The Morgan fingerprint density at radius 1 is 1.07 bits per heavy atom. The zero-order chi connectivity index (χ0) is 19.7. The summed E-state index contributed by atoms with van der Waals surface area (Å²) in [5.41, 5.74) is 1.09. The second-order valence-corrected chi connectivity index (χ2v) is 8.25. The van der Waals surface area contributed by atoms with E-state index in [2.05, 4.69) is 0 Å². The van der Waals surface area contributed by atoms with E-state index in [1.807, 2.05) is 4.90 Å².